The summed E-state index contributed by atoms with van der Waals surface area (Å²) in [6.07, 6.45) is 2.94. The fourth-order valence-corrected chi connectivity index (χ4v) is 3.76. The molecule has 0 spiro atoms. The van der Waals surface area contributed by atoms with Crippen molar-refractivity contribution in [2.75, 3.05) is 5.32 Å². The van der Waals surface area contributed by atoms with Gasteiger partial charge in [0.2, 0.25) is 5.91 Å². The molecule has 1 saturated carbocycles. The highest BCUT2D eigenvalue weighted by Gasteiger charge is 2.45. The van der Waals surface area contributed by atoms with Gasteiger partial charge in [0.05, 0.1) is 11.1 Å². The summed E-state index contributed by atoms with van der Waals surface area (Å²) in [5.74, 6) is 0.0831. The molecule has 1 N–H and O–H groups in total. The number of benzene rings is 1. The second-order valence-electron chi connectivity index (χ2n) is 7.04. The Balaban J connectivity index is 1.80. The van der Waals surface area contributed by atoms with E-state index in [2.05, 4.69) is 43.2 Å². The first kappa shape index (κ1) is 15.2. The lowest BCUT2D eigenvalue weighted by molar-refractivity contribution is -0.124. The fraction of sp³-hybridized carbons (Fsp3) is 0.444. The van der Waals surface area contributed by atoms with Gasteiger partial charge in [0.1, 0.15) is 0 Å². The molecule has 1 fully saturated rings. The van der Waals surface area contributed by atoms with Crippen LogP contribution in [-0.4, -0.2) is 10.9 Å². The number of amides is 1. The molecule has 0 radical (unpaired) electrons. The summed E-state index contributed by atoms with van der Waals surface area (Å²) < 4.78 is 0. The van der Waals surface area contributed by atoms with Crippen LogP contribution in [0.5, 0.6) is 0 Å². The first-order chi connectivity index (χ1) is 10.4. The van der Waals surface area contributed by atoms with Gasteiger partial charge < -0.3 is 5.32 Å². The fourth-order valence-electron chi connectivity index (χ4n) is 2.83. The average molecular weight is 314 g/mol. The molecule has 116 valence electrons. The zero-order chi connectivity index (χ0) is 15.8. The van der Waals surface area contributed by atoms with Crippen molar-refractivity contribution in [3.8, 4) is 0 Å². The van der Waals surface area contributed by atoms with Gasteiger partial charge in [-0.3, -0.25) is 4.79 Å². The number of carbonyl (C=O) groups excluding carboxylic acids is 1. The zero-order valence-corrected chi connectivity index (χ0v) is 14.2. The molecule has 0 unspecified atom stereocenters. The Hall–Kier alpha value is -1.68. The third kappa shape index (κ3) is 2.68. The molecule has 0 aliphatic heterocycles. The molecule has 1 aliphatic carbocycles. The molecule has 2 aromatic rings. The smallest absolute Gasteiger partial charge is 0.236 e. The third-order valence-electron chi connectivity index (χ3n) is 4.46. The molecular formula is C18H22N2OS. The van der Waals surface area contributed by atoms with E-state index < -0.39 is 0 Å². The third-order valence-corrected chi connectivity index (χ3v) is 5.22. The van der Waals surface area contributed by atoms with Crippen LogP contribution < -0.4 is 5.32 Å². The standard InChI is InChI=1S/C18H22N2OS/c1-17(2,3)14-12-22-16(19-14)20-15(21)18(10-7-11-18)13-8-5-4-6-9-13/h4-6,8-9,12H,7,10-11H2,1-3H3,(H,19,20,21). The van der Waals surface area contributed by atoms with E-state index in [0.717, 1.165) is 30.5 Å². The summed E-state index contributed by atoms with van der Waals surface area (Å²) in [5, 5.41) is 5.78. The number of aromatic nitrogens is 1. The van der Waals surface area contributed by atoms with Crippen molar-refractivity contribution in [1.82, 2.24) is 4.98 Å². The monoisotopic (exact) mass is 314 g/mol. The van der Waals surface area contributed by atoms with Crippen LogP contribution in [0.1, 0.15) is 51.3 Å². The van der Waals surface area contributed by atoms with E-state index in [1.54, 1.807) is 0 Å². The number of anilines is 1. The minimum atomic E-state index is -0.366. The van der Waals surface area contributed by atoms with Gasteiger partial charge in [0.25, 0.3) is 0 Å². The number of hydrogen-bond donors (Lipinski definition) is 1. The van der Waals surface area contributed by atoms with E-state index in [1.807, 2.05) is 23.6 Å². The average Bonchev–Trinajstić information content (AvgIpc) is 2.87. The summed E-state index contributed by atoms with van der Waals surface area (Å²) in [6, 6.07) is 10.1. The molecule has 1 amide bonds. The lowest BCUT2D eigenvalue weighted by atomic mass is 9.64. The minimum Gasteiger partial charge on any atom is -0.301 e. The summed E-state index contributed by atoms with van der Waals surface area (Å²) in [7, 11) is 0. The Morgan fingerprint density at radius 3 is 2.41 bits per heavy atom. The highest BCUT2D eigenvalue weighted by molar-refractivity contribution is 7.14. The largest absolute Gasteiger partial charge is 0.301 e. The minimum absolute atomic E-state index is 0.00701. The summed E-state index contributed by atoms with van der Waals surface area (Å²) in [5.41, 5.74) is 1.78. The van der Waals surface area contributed by atoms with Crippen molar-refractivity contribution in [1.29, 1.82) is 0 Å². The van der Waals surface area contributed by atoms with E-state index >= 15 is 0 Å². The predicted molar refractivity (Wildman–Crippen MR) is 91.4 cm³/mol. The summed E-state index contributed by atoms with van der Waals surface area (Å²) >= 11 is 1.51. The first-order valence-corrected chi connectivity index (χ1v) is 8.63. The van der Waals surface area contributed by atoms with Gasteiger partial charge in [-0.25, -0.2) is 4.98 Å². The molecule has 3 nitrogen and oxygen atoms in total. The van der Waals surface area contributed by atoms with Gasteiger partial charge in [-0.15, -0.1) is 11.3 Å². The van der Waals surface area contributed by atoms with Gasteiger partial charge in [-0.2, -0.15) is 0 Å². The maximum Gasteiger partial charge on any atom is 0.236 e. The SMILES string of the molecule is CC(C)(C)c1csc(NC(=O)C2(c3ccccc3)CCC2)n1. The Kier molecular flexibility index (Phi) is 3.81. The van der Waals surface area contributed by atoms with Crippen molar-refractivity contribution in [2.45, 2.75) is 50.9 Å². The van der Waals surface area contributed by atoms with Crippen molar-refractivity contribution in [3.63, 3.8) is 0 Å². The highest BCUT2D eigenvalue weighted by Crippen LogP contribution is 2.44. The number of nitrogens with one attached hydrogen (secondary N) is 1. The van der Waals surface area contributed by atoms with Crippen molar-refractivity contribution in [3.05, 3.63) is 47.0 Å². The lowest BCUT2D eigenvalue weighted by Crippen LogP contribution is -2.45. The lowest BCUT2D eigenvalue weighted by Gasteiger charge is -2.40. The van der Waals surface area contributed by atoms with Gasteiger partial charge in [-0.1, -0.05) is 57.5 Å². The molecular weight excluding hydrogens is 292 g/mol. The van der Waals surface area contributed by atoms with Crippen LogP contribution in [0.2, 0.25) is 0 Å². The van der Waals surface area contributed by atoms with E-state index in [0.29, 0.717) is 5.13 Å². The van der Waals surface area contributed by atoms with Crippen LogP contribution in [0.25, 0.3) is 0 Å². The zero-order valence-electron chi connectivity index (χ0n) is 13.3. The van der Waals surface area contributed by atoms with Crippen molar-refractivity contribution < 1.29 is 4.79 Å². The van der Waals surface area contributed by atoms with Crippen LogP contribution in [0.15, 0.2) is 35.7 Å². The van der Waals surface area contributed by atoms with E-state index in [-0.39, 0.29) is 16.7 Å². The Morgan fingerprint density at radius 2 is 1.91 bits per heavy atom. The molecule has 0 saturated heterocycles. The van der Waals surface area contributed by atoms with Gasteiger partial charge >= 0.3 is 0 Å². The highest BCUT2D eigenvalue weighted by atomic mass is 32.1. The Labute approximate surface area is 135 Å². The maximum absolute atomic E-state index is 12.8. The van der Waals surface area contributed by atoms with E-state index in [9.17, 15) is 4.79 Å². The number of nitrogens with zero attached hydrogens (tertiary/aromatic N) is 1. The molecule has 1 aromatic carbocycles. The van der Waals surface area contributed by atoms with E-state index in [1.165, 1.54) is 11.3 Å². The molecule has 1 aliphatic rings. The molecule has 3 rings (SSSR count). The molecule has 0 bridgehead atoms. The van der Waals surface area contributed by atoms with Crippen molar-refractivity contribution in [2.24, 2.45) is 0 Å². The second-order valence-corrected chi connectivity index (χ2v) is 7.90. The van der Waals surface area contributed by atoms with Crippen LogP contribution in [0.3, 0.4) is 0 Å². The topological polar surface area (TPSA) is 42.0 Å². The van der Waals surface area contributed by atoms with E-state index in [4.69, 9.17) is 0 Å². The van der Waals surface area contributed by atoms with Gasteiger partial charge in [0, 0.05) is 10.8 Å². The van der Waals surface area contributed by atoms with Crippen LogP contribution in [0.4, 0.5) is 5.13 Å². The van der Waals surface area contributed by atoms with Crippen LogP contribution in [-0.2, 0) is 15.6 Å². The summed E-state index contributed by atoms with van der Waals surface area (Å²) in [6.45, 7) is 6.39. The Morgan fingerprint density at radius 1 is 1.23 bits per heavy atom. The molecule has 22 heavy (non-hydrogen) atoms. The maximum atomic E-state index is 12.8. The second kappa shape index (κ2) is 5.51. The predicted octanol–water partition coefficient (Wildman–Crippen LogP) is 4.50. The first-order valence-electron chi connectivity index (χ1n) is 7.75. The molecule has 1 aromatic heterocycles. The molecule has 0 atom stereocenters. The van der Waals surface area contributed by atoms with Crippen molar-refractivity contribution >= 4 is 22.4 Å². The number of thiazole rings is 1. The number of rotatable bonds is 3. The molecule has 1 heterocycles. The summed E-state index contributed by atoms with van der Waals surface area (Å²) in [4.78, 5) is 17.4. The van der Waals surface area contributed by atoms with Crippen LogP contribution >= 0.6 is 11.3 Å². The number of carbonyl (C=O) groups is 1. The Bertz CT molecular complexity index is 666. The number of hydrogen-bond acceptors (Lipinski definition) is 3. The van der Waals surface area contributed by atoms with Gasteiger partial charge in [0.15, 0.2) is 5.13 Å². The quantitative estimate of drug-likeness (QED) is 0.906. The normalized spacial score (nSPS) is 16.9. The molecule has 4 heteroatoms. The van der Waals surface area contributed by atoms with Crippen LogP contribution in [0, 0.1) is 0 Å². The van der Waals surface area contributed by atoms with Gasteiger partial charge in [-0.05, 0) is 18.4 Å².